The number of hydrogen-bond donors (Lipinski definition) is 2. The van der Waals surface area contributed by atoms with Crippen molar-refractivity contribution >= 4 is 0 Å². The van der Waals surface area contributed by atoms with E-state index in [-0.39, 0.29) is 6.61 Å². The van der Waals surface area contributed by atoms with Gasteiger partial charge >= 0.3 is 0 Å². The zero-order chi connectivity index (χ0) is 11.6. The highest BCUT2D eigenvalue weighted by Crippen LogP contribution is 2.10. The summed E-state index contributed by atoms with van der Waals surface area (Å²) in [6.45, 7) is 7.11. The molecule has 1 rings (SSSR count). The number of aliphatic hydroxyl groups is 1. The van der Waals surface area contributed by atoms with Crippen LogP contribution in [0.25, 0.3) is 0 Å². The molecule has 0 saturated carbocycles. The fraction of sp³-hybridized carbons (Fsp3) is 1.00. The maximum Gasteiger partial charge on any atom is 0.0585 e. The number of nitrogens with zero attached hydrogens (tertiary/aromatic N) is 1. The molecule has 1 aliphatic rings. The van der Waals surface area contributed by atoms with Crippen molar-refractivity contribution in [2.45, 2.75) is 51.5 Å². The molecule has 0 radical (unpaired) electrons. The Morgan fingerprint density at radius 3 is 2.44 bits per heavy atom. The zero-order valence-corrected chi connectivity index (χ0v) is 10.7. The molecule has 1 saturated heterocycles. The van der Waals surface area contributed by atoms with Crippen molar-refractivity contribution in [2.75, 3.05) is 32.8 Å². The molecule has 1 heterocycles. The van der Waals surface area contributed by atoms with E-state index in [1.165, 1.54) is 38.8 Å². The minimum absolute atomic E-state index is 0.272. The maximum atomic E-state index is 9.26. The lowest BCUT2D eigenvalue weighted by Crippen LogP contribution is -2.37. The van der Waals surface area contributed by atoms with Gasteiger partial charge in [-0.15, -0.1) is 0 Å². The van der Waals surface area contributed by atoms with Crippen LogP contribution in [0.4, 0.5) is 0 Å². The normalized spacial score (nSPS) is 20.6. The minimum atomic E-state index is 0.272. The fourth-order valence-electron chi connectivity index (χ4n) is 2.30. The van der Waals surface area contributed by atoms with Crippen LogP contribution in [0.1, 0.15) is 45.4 Å². The summed E-state index contributed by atoms with van der Waals surface area (Å²) in [5.41, 5.74) is 0. The molecule has 0 amide bonds. The van der Waals surface area contributed by atoms with Gasteiger partial charge in [0, 0.05) is 6.04 Å². The molecule has 1 fully saturated rings. The number of hydrogen-bond acceptors (Lipinski definition) is 3. The maximum absolute atomic E-state index is 9.26. The van der Waals surface area contributed by atoms with E-state index in [2.05, 4.69) is 17.1 Å². The third-order valence-electron chi connectivity index (χ3n) is 3.40. The zero-order valence-electron chi connectivity index (χ0n) is 10.7. The standard InChI is InChI=1S/C13H28N2O/c1-2-8-14-13(12-16)7-11-15-9-5-3-4-6-10-15/h13-14,16H,2-12H2,1H3. The third-order valence-corrected chi connectivity index (χ3v) is 3.40. The Balaban J connectivity index is 2.14. The summed E-state index contributed by atoms with van der Waals surface area (Å²) in [5.74, 6) is 0. The highest BCUT2D eigenvalue weighted by atomic mass is 16.3. The Hall–Kier alpha value is -0.120. The van der Waals surface area contributed by atoms with Crippen LogP contribution in [0.15, 0.2) is 0 Å². The third kappa shape index (κ3) is 5.83. The van der Waals surface area contributed by atoms with E-state index in [9.17, 15) is 5.11 Å². The molecule has 0 spiro atoms. The first-order valence-electron chi connectivity index (χ1n) is 6.93. The van der Waals surface area contributed by atoms with E-state index in [4.69, 9.17) is 0 Å². The van der Waals surface area contributed by atoms with Gasteiger partial charge in [0.05, 0.1) is 6.61 Å². The first-order chi connectivity index (χ1) is 7.86. The summed E-state index contributed by atoms with van der Waals surface area (Å²) in [6.07, 6.45) is 7.72. The molecular weight excluding hydrogens is 200 g/mol. The van der Waals surface area contributed by atoms with Crippen molar-refractivity contribution in [3.8, 4) is 0 Å². The van der Waals surface area contributed by atoms with E-state index in [0.29, 0.717) is 6.04 Å². The molecule has 3 nitrogen and oxygen atoms in total. The topological polar surface area (TPSA) is 35.5 Å². The van der Waals surface area contributed by atoms with Crippen molar-refractivity contribution in [3.05, 3.63) is 0 Å². The first-order valence-corrected chi connectivity index (χ1v) is 6.93. The Kier molecular flexibility index (Phi) is 7.81. The summed E-state index contributed by atoms with van der Waals surface area (Å²) in [6, 6.07) is 0.295. The van der Waals surface area contributed by atoms with Gasteiger partial charge in [0.25, 0.3) is 0 Å². The lowest BCUT2D eigenvalue weighted by Gasteiger charge is -2.23. The molecule has 0 aromatic carbocycles. The summed E-state index contributed by atoms with van der Waals surface area (Å²) in [4.78, 5) is 2.56. The van der Waals surface area contributed by atoms with Gasteiger partial charge in [0.15, 0.2) is 0 Å². The molecule has 1 unspecified atom stereocenters. The van der Waals surface area contributed by atoms with Crippen LogP contribution < -0.4 is 5.32 Å². The molecule has 0 aromatic rings. The lowest BCUT2D eigenvalue weighted by atomic mass is 10.2. The lowest BCUT2D eigenvalue weighted by molar-refractivity contribution is 0.208. The monoisotopic (exact) mass is 228 g/mol. The predicted molar refractivity (Wildman–Crippen MR) is 68.7 cm³/mol. The average Bonchev–Trinajstić information content (AvgIpc) is 2.58. The van der Waals surface area contributed by atoms with Crippen LogP contribution in [0.2, 0.25) is 0 Å². The minimum Gasteiger partial charge on any atom is -0.395 e. The molecule has 0 bridgehead atoms. The molecule has 1 aliphatic heterocycles. The summed E-state index contributed by atoms with van der Waals surface area (Å²) in [5, 5.41) is 12.7. The molecule has 2 N–H and O–H groups in total. The van der Waals surface area contributed by atoms with Crippen LogP contribution in [0, 0.1) is 0 Å². The molecular formula is C13H28N2O. The van der Waals surface area contributed by atoms with Gasteiger partial charge in [-0.25, -0.2) is 0 Å². The predicted octanol–water partition coefficient (Wildman–Crippen LogP) is 1.61. The molecule has 0 aliphatic carbocycles. The first kappa shape index (κ1) is 13.9. The van der Waals surface area contributed by atoms with Crippen molar-refractivity contribution in [2.24, 2.45) is 0 Å². The van der Waals surface area contributed by atoms with E-state index in [1.807, 2.05) is 0 Å². The second-order valence-corrected chi connectivity index (χ2v) is 4.88. The smallest absolute Gasteiger partial charge is 0.0585 e. The number of aliphatic hydroxyl groups excluding tert-OH is 1. The number of nitrogens with one attached hydrogen (secondary N) is 1. The molecule has 3 heteroatoms. The Labute approximate surface area is 100 Å². The van der Waals surface area contributed by atoms with Crippen LogP contribution in [-0.2, 0) is 0 Å². The Morgan fingerprint density at radius 2 is 1.88 bits per heavy atom. The van der Waals surface area contributed by atoms with E-state index < -0.39 is 0 Å². The van der Waals surface area contributed by atoms with Crippen molar-refractivity contribution in [1.29, 1.82) is 0 Å². The van der Waals surface area contributed by atoms with E-state index in [1.54, 1.807) is 0 Å². The van der Waals surface area contributed by atoms with Gasteiger partial charge in [-0.2, -0.15) is 0 Å². The highest BCUT2D eigenvalue weighted by molar-refractivity contribution is 4.70. The summed E-state index contributed by atoms with van der Waals surface area (Å²) in [7, 11) is 0. The average molecular weight is 228 g/mol. The van der Waals surface area contributed by atoms with Gasteiger partial charge in [0.1, 0.15) is 0 Å². The van der Waals surface area contributed by atoms with Crippen LogP contribution in [-0.4, -0.2) is 48.8 Å². The SMILES string of the molecule is CCCNC(CO)CCN1CCCCCC1. The largest absolute Gasteiger partial charge is 0.395 e. The molecule has 16 heavy (non-hydrogen) atoms. The highest BCUT2D eigenvalue weighted by Gasteiger charge is 2.11. The fourth-order valence-corrected chi connectivity index (χ4v) is 2.30. The molecule has 96 valence electrons. The second kappa shape index (κ2) is 8.97. The van der Waals surface area contributed by atoms with Gasteiger partial charge < -0.3 is 15.3 Å². The van der Waals surface area contributed by atoms with Crippen molar-refractivity contribution in [1.82, 2.24) is 10.2 Å². The van der Waals surface area contributed by atoms with Crippen molar-refractivity contribution < 1.29 is 5.11 Å². The molecule has 0 aromatic heterocycles. The van der Waals surface area contributed by atoms with Crippen LogP contribution >= 0.6 is 0 Å². The van der Waals surface area contributed by atoms with Gasteiger partial charge in [0.2, 0.25) is 0 Å². The van der Waals surface area contributed by atoms with Crippen LogP contribution in [0.5, 0.6) is 0 Å². The Morgan fingerprint density at radius 1 is 1.19 bits per heavy atom. The summed E-state index contributed by atoms with van der Waals surface area (Å²) < 4.78 is 0. The van der Waals surface area contributed by atoms with Gasteiger partial charge in [-0.3, -0.25) is 0 Å². The van der Waals surface area contributed by atoms with E-state index in [0.717, 1.165) is 25.9 Å². The number of rotatable bonds is 7. The quantitative estimate of drug-likeness (QED) is 0.695. The second-order valence-electron chi connectivity index (χ2n) is 4.88. The van der Waals surface area contributed by atoms with Crippen LogP contribution in [0.3, 0.4) is 0 Å². The van der Waals surface area contributed by atoms with E-state index >= 15 is 0 Å². The van der Waals surface area contributed by atoms with Gasteiger partial charge in [-0.05, 0) is 51.9 Å². The van der Waals surface area contributed by atoms with Gasteiger partial charge in [-0.1, -0.05) is 19.8 Å². The van der Waals surface area contributed by atoms with Crippen molar-refractivity contribution in [3.63, 3.8) is 0 Å². The summed E-state index contributed by atoms with van der Waals surface area (Å²) >= 11 is 0. The molecule has 1 atom stereocenters. The Bertz CT molecular complexity index is 156. The number of likely N-dealkylation sites (tertiary alicyclic amines) is 1.